The van der Waals surface area contributed by atoms with Gasteiger partial charge in [0.2, 0.25) is 5.91 Å². The lowest BCUT2D eigenvalue weighted by molar-refractivity contribution is -0.117. The van der Waals surface area contributed by atoms with Crippen LogP contribution in [0.1, 0.15) is 32.1 Å². The van der Waals surface area contributed by atoms with Crippen molar-refractivity contribution in [1.29, 1.82) is 0 Å². The van der Waals surface area contributed by atoms with Crippen molar-refractivity contribution in [2.24, 2.45) is 5.73 Å². The van der Waals surface area contributed by atoms with E-state index >= 15 is 0 Å². The number of anilines is 1. The number of amides is 1. The van der Waals surface area contributed by atoms with E-state index in [1.165, 1.54) is 0 Å². The van der Waals surface area contributed by atoms with Crippen molar-refractivity contribution in [3.05, 3.63) is 35.5 Å². The Labute approximate surface area is 128 Å². The Kier molecular flexibility index (Phi) is 3.83. The molecule has 1 saturated carbocycles. The number of fused-ring (bicyclic) bond motifs is 1. The van der Waals surface area contributed by atoms with E-state index in [1.807, 2.05) is 18.2 Å². The van der Waals surface area contributed by atoms with E-state index in [0.717, 1.165) is 36.6 Å². The van der Waals surface area contributed by atoms with Crippen LogP contribution in [0, 0.1) is 0 Å². The maximum Gasteiger partial charge on any atom is 0.226 e. The van der Waals surface area contributed by atoms with E-state index < -0.39 is 0 Å². The summed E-state index contributed by atoms with van der Waals surface area (Å²) >= 11 is 6.10. The first-order chi connectivity index (χ1) is 10.1. The van der Waals surface area contributed by atoms with Gasteiger partial charge < -0.3 is 11.1 Å². The number of halogens is 1. The minimum absolute atomic E-state index is 0.0754. The second-order valence-electron chi connectivity index (χ2n) is 5.82. The van der Waals surface area contributed by atoms with Crippen molar-refractivity contribution in [1.82, 2.24) is 4.98 Å². The lowest BCUT2D eigenvalue weighted by atomic mass is 9.94. The van der Waals surface area contributed by atoms with Crippen molar-refractivity contribution in [3.63, 3.8) is 0 Å². The first-order valence-electron chi connectivity index (χ1n) is 7.19. The van der Waals surface area contributed by atoms with Crippen LogP contribution in [0.5, 0.6) is 0 Å². The van der Waals surface area contributed by atoms with Gasteiger partial charge in [0.15, 0.2) is 0 Å². The molecule has 21 heavy (non-hydrogen) atoms. The average Bonchev–Trinajstić information content (AvgIpc) is 2.84. The smallest absolute Gasteiger partial charge is 0.226 e. The van der Waals surface area contributed by atoms with Gasteiger partial charge in [-0.2, -0.15) is 0 Å². The van der Waals surface area contributed by atoms with Crippen LogP contribution in [0.4, 0.5) is 5.69 Å². The van der Waals surface area contributed by atoms with E-state index in [1.54, 1.807) is 12.3 Å². The van der Waals surface area contributed by atoms with Crippen molar-refractivity contribution in [3.8, 4) is 0 Å². The minimum Gasteiger partial charge on any atom is -0.325 e. The predicted molar refractivity (Wildman–Crippen MR) is 85.4 cm³/mol. The second-order valence-corrected chi connectivity index (χ2v) is 6.26. The summed E-state index contributed by atoms with van der Waals surface area (Å²) in [5, 5.41) is 4.40. The first-order valence-corrected chi connectivity index (χ1v) is 7.57. The quantitative estimate of drug-likeness (QED) is 0.912. The molecule has 0 unspecified atom stereocenters. The van der Waals surface area contributed by atoms with E-state index in [0.29, 0.717) is 17.1 Å². The second kappa shape index (κ2) is 5.62. The lowest BCUT2D eigenvalue weighted by Crippen LogP contribution is -2.40. The molecule has 1 aliphatic carbocycles. The van der Waals surface area contributed by atoms with Gasteiger partial charge in [0.1, 0.15) is 0 Å². The molecular formula is C16H18ClN3O. The molecule has 0 bridgehead atoms. The van der Waals surface area contributed by atoms with Gasteiger partial charge in [0.05, 0.1) is 11.2 Å². The summed E-state index contributed by atoms with van der Waals surface area (Å²) in [7, 11) is 0. The number of nitrogens with zero attached hydrogens (tertiary/aromatic N) is 1. The molecular weight excluding hydrogens is 286 g/mol. The van der Waals surface area contributed by atoms with Crippen LogP contribution in [0.3, 0.4) is 0 Å². The third kappa shape index (κ3) is 3.17. The van der Waals surface area contributed by atoms with Crippen molar-refractivity contribution in [2.75, 3.05) is 5.32 Å². The molecule has 4 nitrogen and oxygen atoms in total. The van der Waals surface area contributed by atoms with Gasteiger partial charge in [-0.1, -0.05) is 30.5 Å². The molecule has 1 amide bonds. The number of rotatable bonds is 3. The average molecular weight is 304 g/mol. The number of hydrogen-bond donors (Lipinski definition) is 2. The Morgan fingerprint density at radius 2 is 2.14 bits per heavy atom. The maximum absolute atomic E-state index is 12.3. The van der Waals surface area contributed by atoms with Crippen LogP contribution in [-0.4, -0.2) is 16.4 Å². The summed E-state index contributed by atoms with van der Waals surface area (Å²) < 4.78 is 0. The summed E-state index contributed by atoms with van der Waals surface area (Å²) in [6.07, 6.45) is 6.07. The third-order valence-electron chi connectivity index (χ3n) is 4.06. The topological polar surface area (TPSA) is 68.0 Å². The minimum atomic E-state index is -0.355. The Balaban J connectivity index is 1.82. The number of nitrogens with two attached hydrogens (primary N) is 1. The van der Waals surface area contributed by atoms with Gasteiger partial charge in [-0.05, 0) is 31.0 Å². The number of benzene rings is 1. The predicted octanol–water partition coefficient (Wildman–Crippen LogP) is 3.49. The third-order valence-corrected chi connectivity index (χ3v) is 4.27. The molecule has 1 heterocycles. The first kappa shape index (κ1) is 14.3. The summed E-state index contributed by atoms with van der Waals surface area (Å²) in [5.41, 5.74) is 7.28. The summed E-state index contributed by atoms with van der Waals surface area (Å²) in [4.78, 5) is 16.6. The summed E-state index contributed by atoms with van der Waals surface area (Å²) in [6.45, 7) is 0. The monoisotopic (exact) mass is 303 g/mol. The van der Waals surface area contributed by atoms with E-state index in [4.69, 9.17) is 17.3 Å². The molecule has 0 saturated heterocycles. The highest BCUT2D eigenvalue weighted by Crippen LogP contribution is 2.31. The van der Waals surface area contributed by atoms with Crippen LogP contribution >= 0.6 is 11.6 Å². The van der Waals surface area contributed by atoms with E-state index in [-0.39, 0.29) is 11.4 Å². The maximum atomic E-state index is 12.3. The van der Waals surface area contributed by atoms with Crippen molar-refractivity contribution in [2.45, 2.75) is 37.6 Å². The van der Waals surface area contributed by atoms with Crippen LogP contribution in [-0.2, 0) is 4.79 Å². The zero-order valence-corrected chi connectivity index (χ0v) is 12.5. The van der Waals surface area contributed by atoms with Crippen LogP contribution in [0.15, 0.2) is 30.5 Å². The van der Waals surface area contributed by atoms with Crippen LogP contribution in [0.2, 0.25) is 5.02 Å². The Morgan fingerprint density at radius 3 is 2.90 bits per heavy atom. The molecule has 5 heteroatoms. The normalized spacial score (nSPS) is 17.0. The van der Waals surface area contributed by atoms with Crippen LogP contribution < -0.4 is 11.1 Å². The number of pyridine rings is 1. The number of carbonyl (C=O) groups is 1. The molecule has 2 aromatic rings. The molecule has 0 aliphatic heterocycles. The SMILES string of the molecule is NC1(CC(=O)Nc2cc(Cl)cc3cccnc23)CCCC1. The molecule has 3 N–H and O–H groups in total. The molecule has 1 aliphatic rings. The zero-order valence-electron chi connectivity index (χ0n) is 11.7. The molecule has 3 rings (SSSR count). The zero-order chi connectivity index (χ0) is 14.9. The van der Waals surface area contributed by atoms with Gasteiger partial charge >= 0.3 is 0 Å². The largest absolute Gasteiger partial charge is 0.325 e. The summed E-state index contributed by atoms with van der Waals surface area (Å²) in [5.74, 6) is -0.0754. The molecule has 1 aromatic carbocycles. The molecule has 0 atom stereocenters. The number of aromatic nitrogens is 1. The van der Waals surface area contributed by atoms with Gasteiger partial charge in [0.25, 0.3) is 0 Å². The number of nitrogens with one attached hydrogen (secondary N) is 1. The highest BCUT2D eigenvalue weighted by Gasteiger charge is 2.31. The molecule has 0 radical (unpaired) electrons. The Bertz CT molecular complexity index is 680. The highest BCUT2D eigenvalue weighted by atomic mass is 35.5. The van der Waals surface area contributed by atoms with Gasteiger partial charge in [-0.3, -0.25) is 9.78 Å². The molecule has 0 spiro atoms. The molecule has 1 fully saturated rings. The number of hydrogen-bond acceptors (Lipinski definition) is 3. The fourth-order valence-electron chi connectivity index (χ4n) is 3.02. The number of carbonyl (C=O) groups excluding carboxylic acids is 1. The van der Waals surface area contributed by atoms with Gasteiger partial charge in [-0.15, -0.1) is 0 Å². The standard InChI is InChI=1S/C16H18ClN3O/c17-12-8-11-4-3-7-19-15(11)13(9-12)20-14(21)10-16(18)5-1-2-6-16/h3-4,7-9H,1-2,5-6,10,18H2,(H,20,21). The Hall–Kier alpha value is -1.65. The molecule has 1 aromatic heterocycles. The van der Waals surface area contributed by atoms with Gasteiger partial charge in [0, 0.05) is 28.6 Å². The summed E-state index contributed by atoms with van der Waals surface area (Å²) in [6, 6.07) is 7.33. The van der Waals surface area contributed by atoms with Crippen molar-refractivity contribution >= 4 is 34.1 Å². The highest BCUT2D eigenvalue weighted by molar-refractivity contribution is 6.32. The van der Waals surface area contributed by atoms with E-state index in [9.17, 15) is 4.79 Å². The fraction of sp³-hybridized carbons (Fsp3) is 0.375. The Morgan fingerprint density at radius 1 is 1.38 bits per heavy atom. The fourth-order valence-corrected chi connectivity index (χ4v) is 3.25. The van der Waals surface area contributed by atoms with Crippen molar-refractivity contribution < 1.29 is 4.79 Å². The van der Waals surface area contributed by atoms with Gasteiger partial charge in [-0.25, -0.2) is 0 Å². The van der Waals surface area contributed by atoms with E-state index in [2.05, 4.69) is 10.3 Å². The van der Waals surface area contributed by atoms with Crippen LogP contribution in [0.25, 0.3) is 10.9 Å². The lowest BCUT2D eigenvalue weighted by Gasteiger charge is -2.22. The molecule has 110 valence electrons.